The standard InChI is InChI=1S/C16H23BrN2O2/c1-11-8-14(9-12(2)16(11)17)21-10-15(20)18-13-4-6-19(3)7-5-13/h8-9,13H,4-7,10H2,1-3H3,(H,18,20). The van der Waals surface area contributed by atoms with E-state index in [9.17, 15) is 4.79 Å². The van der Waals surface area contributed by atoms with Gasteiger partial charge < -0.3 is 15.0 Å². The van der Waals surface area contributed by atoms with Crippen LogP contribution >= 0.6 is 15.9 Å². The number of hydrogen-bond acceptors (Lipinski definition) is 3. The van der Waals surface area contributed by atoms with Crippen molar-refractivity contribution < 1.29 is 9.53 Å². The molecule has 1 aliphatic rings. The van der Waals surface area contributed by atoms with Crippen LogP contribution < -0.4 is 10.1 Å². The van der Waals surface area contributed by atoms with Crippen molar-refractivity contribution in [3.05, 3.63) is 27.7 Å². The lowest BCUT2D eigenvalue weighted by Gasteiger charge is -2.29. The third kappa shape index (κ3) is 4.71. The van der Waals surface area contributed by atoms with Crippen LogP contribution in [0.1, 0.15) is 24.0 Å². The molecule has 1 aromatic carbocycles. The van der Waals surface area contributed by atoms with E-state index in [0.717, 1.165) is 47.3 Å². The van der Waals surface area contributed by atoms with Crippen LogP contribution in [0.15, 0.2) is 16.6 Å². The van der Waals surface area contributed by atoms with E-state index in [4.69, 9.17) is 4.74 Å². The van der Waals surface area contributed by atoms with Gasteiger partial charge >= 0.3 is 0 Å². The van der Waals surface area contributed by atoms with E-state index in [1.54, 1.807) is 0 Å². The summed E-state index contributed by atoms with van der Waals surface area (Å²) in [5.74, 6) is 0.703. The highest BCUT2D eigenvalue weighted by Crippen LogP contribution is 2.26. The van der Waals surface area contributed by atoms with E-state index in [0.29, 0.717) is 0 Å². The molecular formula is C16H23BrN2O2. The van der Waals surface area contributed by atoms with Gasteiger partial charge in [-0.1, -0.05) is 15.9 Å². The number of amides is 1. The third-order valence-electron chi connectivity index (χ3n) is 3.86. The molecule has 0 aromatic heterocycles. The van der Waals surface area contributed by atoms with E-state index in [2.05, 4.69) is 33.2 Å². The largest absolute Gasteiger partial charge is 0.484 e. The molecule has 0 spiro atoms. The van der Waals surface area contributed by atoms with Gasteiger partial charge in [0.2, 0.25) is 0 Å². The van der Waals surface area contributed by atoms with Crippen LogP contribution in [0.4, 0.5) is 0 Å². The molecule has 0 radical (unpaired) electrons. The number of rotatable bonds is 4. The molecule has 1 saturated heterocycles. The van der Waals surface area contributed by atoms with Crippen molar-refractivity contribution in [2.75, 3.05) is 26.7 Å². The fourth-order valence-electron chi connectivity index (χ4n) is 2.56. The zero-order chi connectivity index (χ0) is 15.4. The van der Waals surface area contributed by atoms with Crippen molar-refractivity contribution in [2.24, 2.45) is 0 Å². The number of piperidine rings is 1. The molecule has 2 rings (SSSR count). The zero-order valence-electron chi connectivity index (χ0n) is 12.9. The lowest BCUT2D eigenvalue weighted by molar-refractivity contribution is -0.124. The lowest BCUT2D eigenvalue weighted by atomic mass is 10.1. The van der Waals surface area contributed by atoms with Gasteiger partial charge in [0.05, 0.1) is 0 Å². The number of benzene rings is 1. The van der Waals surface area contributed by atoms with Gasteiger partial charge in [0, 0.05) is 10.5 Å². The normalized spacial score (nSPS) is 16.8. The Balaban J connectivity index is 1.81. The molecule has 5 heteroatoms. The number of ether oxygens (including phenoxy) is 1. The Bertz CT molecular complexity index is 488. The van der Waals surface area contributed by atoms with Gasteiger partial charge in [-0.25, -0.2) is 0 Å². The summed E-state index contributed by atoms with van der Waals surface area (Å²) in [6.07, 6.45) is 2.03. The fourth-order valence-corrected chi connectivity index (χ4v) is 2.79. The Morgan fingerprint density at radius 2 is 1.90 bits per heavy atom. The average Bonchev–Trinajstić information content (AvgIpc) is 2.45. The second kappa shape index (κ2) is 7.27. The van der Waals surface area contributed by atoms with Crippen LogP contribution in [0, 0.1) is 13.8 Å². The highest BCUT2D eigenvalue weighted by Gasteiger charge is 2.18. The first-order valence-corrected chi connectivity index (χ1v) is 8.12. The van der Waals surface area contributed by atoms with Gasteiger partial charge in [-0.2, -0.15) is 0 Å². The van der Waals surface area contributed by atoms with Gasteiger partial charge in [-0.05, 0) is 70.1 Å². The number of aryl methyl sites for hydroxylation is 2. The summed E-state index contributed by atoms with van der Waals surface area (Å²) < 4.78 is 6.69. The smallest absolute Gasteiger partial charge is 0.258 e. The minimum absolute atomic E-state index is 0.0391. The number of nitrogens with zero attached hydrogens (tertiary/aromatic N) is 1. The van der Waals surface area contributed by atoms with Crippen LogP contribution in [-0.2, 0) is 4.79 Å². The van der Waals surface area contributed by atoms with Crippen LogP contribution in [-0.4, -0.2) is 43.6 Å². The molecule has 1 aliphatic heterocycles. The van der Waals surface area contributed by atoms with Crippen LogP contribution in [0.2, 0.25) is 0 Å². The predicted octanol–water partition coefficient (Wildman–Crippen LogP) is 2.66. The van der Waals surface area contributed by atoms with Crippen LogP contribution in [0.5, 0.6) is 5.75 Å². The predicted molar refractivity (Wildman–Crippen MR) is 87.8 cm³/mol. The SMILES string of the molecule is Cc1cc(OCC(=O)NC2CCN(C)CC2)cc(C)c1Br. The fraction of sp³-hybridized carbons (Fsp3) is 0.562. The first kappa shape index (κ1) is 16.3. The Hall–Kier alpha value is -1.07. The number of carbonyl (C=O) groups excluding carboxylic acids is 1. The zero-order valence-corrected chi connectivity index (χ0v) is 14.5. The van der Waals surface area contributed by atoms with Gasteiger partial charge in [0.25, 0.3) is 5.91 Å². The summed E-state index contributed by atoms with van der Waals surface area (Å²) in [7, 11) is 2.11. The van der Waals surface area contributed by atoms with E-state index < -0.39 is 0 Å². The molecule has 116 valence electrons. The van der Waals surface area contributed by atoms with Crippen molar-refractivity contribution in [2.45, 2.75) is 32.7 Å². The number of carbonyl (C=O) groups is 1. The average molecular weight is 355 g/mol. The minimum atomic E-state index is -0.0391. The second-order valence-electron chi connectivity index (χ2n) is 5.80. The molecule has 0 atom stereocenters. The topological polar surface area (TPSA) is 41.6 Å². The van der Waals surface area contributed by atoms with Gasteiger partial charge in [-0.15, -0.1) is 0 Å². The molecule has 1 amide bonds. The Kier molecular flexibility index (Phi) is 5.65. The number of hydrogen-bond donors (Lipinski definition) is 1. The van der Waals surface area contributed by atoms with Crippen LogP contribution in [0.3, 0.4) is 0 Å². The van der Waals surface area contributed by atoms with E-state index >= 15 is 0 Å². The molecule has 1 fully saturated rings. The highest BCUT2D eigenvalue weighted by atomic mass is 79.9. The monoisotopic (exact) mass is 354 g/mol. The molecule has 0 saturated carbocycles. The van der Waals surface area contributed by atoms with Gasteiger partial charge in [-0.3, -0.25) is 4.79 Å². The quantitative estimate of drug-likeness (QED) is 0.903. The molecule has 1 N–H and O–H groups in total. The Morgan fingerprint density at radius 3 is 2.48 bits per heavy atom. The molecule has 1 aromatic rings. The van der Waals surface area contributed by atoms with E-state index in [-0.39, 0.29) is 18.6 Å². The van der Waals surface area contributed by atoms with Gasteiger partial charge in [0.1, 0.15) is 5.75 Å². The molecular weight excluding hydrogens is 332 g/mol. The van der Waals surface area contributed by atoms with Crippen molar-refractivity contribution in [3.63, 3.8) is 0 Å². The number of halogens is 1. The maximum Gasteiger partial charge on any atom is 0.258 e. The number of likely N-dealkylation sites (tertiary alicyclic amines) is 1. The first-order chi connectivity index (χ1) is 9.95. The molecule has 0 aliphatic carbocycles. The first-order valence-electron chi connectivity index (χ1n) is 7.33. The Morgan fingerprint density at radius 1 is 1.33 bits per heavy atom. The number of nitrogens with one attached hydrogen (secondary N) is 1. The second-order valence-corrected chi connectivity index (χ2v) is 6.60. The molecule has 21 heavy (non-hydrogen) atoms. The molecule has 0 unspecified atom stereocenters. The maximum absolute atomic E-state index is 11.9. The third-order valence-corrected chi connectivity index (χ3v) is 5.11. The van der Waals surface area contributed by atoms with Crippen molar-refractivity contribution >= 4 is 21.8 Å². The lowest BCUT2D eigenvalue weighted by Crippen LogP contribution is -2.44. The summed E-state index contributed by atoms with van der Waals surface area (Å²) in [5, 5.41) is 3.05. The molecule has 1 heterocycles. The van der Waals surface area contributed by atoms with E-state index in [1.165, 1.54) is 0 Å². The summed E-state index contributed by atoms with van der Waals surface area (Å²) >= 11 is 3.53. The molecule has 4 nitrogen and oxygen atoms in total. The summed E-state index contributed by atoms with van der Waals surface area (Å²) in [4.78, 5) is 14.2. The van der Waals surface area contributed by atoms with E-state index in [1.807, 2.05) is 26.0 Å². The van der Waals surface area contributed by atoms with Crippen LogP contribution in [0.25, 0.3) is 0 Å². The maximum atomic E-state index is 11.9. The van der Waals surface area contributed by atoms with Gasteiger partial charge in [0.15, 0.2) is 6.61 Å². The minimum Gasteiger partial charge on any atom is -0.484 e. The van der Waals surface area contributed by atoms with Crippen molar-refractivity contribution in [3.8, 4) is 5.75 Å². The highest BCUT2D eigenvalue weighted by molar-refractivity contribution is 9.10. The van der Waals surface area contributed by atoms with Crippen molar-refractivity contribution in [1.82, 2.24) is 10.2 Å². The summed E-state index contributed by atoms with van der Waals surface area (Å²) in [6.45, 7) is 6.19. The molecule has 0 bridgehead atoms. The summed E-state index contributed by atoms with van der Waals surface area (Å²) in [5.41, 5.74) is 2.22. The van der Waals surface area contributed by atoms with Crippen molar-refractivity contribution in [1.29, 1.82) is 0 Å². The summed E-state index contributed by atoms with van der Waals surface area (Å²) in [6, 6.07) is 4.17. The Labute approximate surface area is 135 Å².